The first-order valence-corrected chi connectivity index (χ1v) is 19.5. The zero-order chi connectivity index (χ0) is 40.1. The summed E-state index contributed by atoms with van der Waals surface area (Å²) in [4.78, 5) is 43.0. The number of fused-ring (bicyclic) bond motifs is 2. The van der Waals surface area contributed by atoms with E-state index in [4.69, 9.17) is 9.47 Å². The van der Waals surface area contributed by atoms with Crippen LogP contribution in [0.5, 0.6) is 17.2 Å². The molecule has 0 aromatic heterocycles. The van der Waals surface area contributed by atoms with Crippen LogP contribution in [-0.2, 0) is 16.1 Å². The molecule has 57 heavy (non-hydrogen) atoms. The number of rotatable bonds is 15. The number of piperazine rings is 1. The molecule has 2 N–H and O–H groups in total. The maximum atomic E-state index is 15.5. The summed E-state index contributed by atoms with van der Waals surface area (Å²) in [6.45, 7) is 5.26. The fraction of sp³-hybridized carbons (Fsp3) is 0.386. The van der Waals surface area contributed by atoms with Crippen molar-refractivity contribution in [3.63, 3.8) is 0 Å². The van der Waals surface area contributed by atoms with Gasteiger partial charge in [-0.3, -0.25) is 14.5 Å². The Kier molecular flexibility index (Phi) is 12.3. The second-order valence-corrected chi connectivity index (χ2v) is 14.9. The Balaban J connectivity index is 0.874. The van der Waals surface area contributed by atoms with Crippen LogP contribution < -0.4 is 19.7 Å². The molecule has 3 aliphatic rings. The van der Waals surface area contributed by atoms with Gasteiger partial charge in [-0.1, -0.05) is 18.2 Å². The number of carbonyl (C=O) groups is 3. The molecular weight excluding hydrogens is 738 g/mol. The number of nitrogens with zero attached hydrogens (tertiary/aromatic N) is 3. The van der Waals surface area contributed by atoms with Crippen molar-refractivity contribution < 1.29 is 42.1 Å². The van der Waals surface area contributed by atoms with Crippen LogP contribution in [0.1, 0.15) is 76.6 Å². The number of carbonyl (C=O) groups excluding carboxylic acids is 3. The number of hydrogen-bond donors (Lipinski definition) is 2. The van der Waals surface area contributed by atoms with Crippen molar-refractivity contribution in [3.8, 4) is 17.2 Å². The number of hydrogen-bond acceptors (Lipinski definition) is 8. The highest BCUT2D eigenvalue weighted by molar-refractivity contribution is 6.01. The molecule has 3 unspecified atom stereocenters. The lowest BCUT2D eigenvalue weighted by Gasteiger charge is -2.36. The number of halogens is 3. The highest BCUT2D eigenvalue weighted by Gasteiger charge is 2.37. The van der Waals surface area contributed by atoms with Crippen molar-refractivity contribution in [1.29, 1.82) is 0 Å². The second-order valence-electron chi connectivity index (χ2n) is 14.9. The number of likely N-dealkylation sites (N-methyl/N-ethyl adjacent to an activating group) is 1. The molecular formula is C44H47F3N4O6. The number of phenols is 1. The van der Waals surface area contributed by atoms with E-state index < -0.39 is 35.3 Å². The average molecular weight is 785 g/mol. The fourth-order valence-corrected chi connectivity index (χ4v) is 8.29. The minimum absolute atomic E-state index is 0.0282. The molecule has 7 rings (SSSR count). The van der Waals surface area contributed by atoms with E-state index >= 15 is 4.39 Å². The van der Waals surface area contributed by atoms with Crippen LogP contribution in [0.4, 0.5) is 18.9 Å². The van der Waals surface area contributed by atoms with Gasteiger partial charge in [-0.2, -0.15) is 0 Å². The minimum Gasteiger partial charge on any atom is -0.508 e. The molecule has 1 saturated heterocycles. The predicted octanol–water partition coefficient (Wildman–Crippen LogP) is 6.54. The van der Waals surface area contributed by atoms with E-state index in [0.29, 0.717) is 41.2 Å². The number of aromatic hydroxyl groups is 1. The SMILES string of the molecule is CNC(=O)C(CCC=O)N1Cc2cc(N3CCN(CCCCCOc4ccc(C5c6ccc(O)cc6OCC5c5ccc(F)c(F)c5)cc4F)CC3)ccc2C1=O. The second kappa shape index (κ2) is 17.7. The Bertz CT molecular complexity index is 2110. The smallest absolute Gasteiger partial charge is 0.255 e. The first-order chi connectivity index (χ1) is 27.6. The number of aldehydes is 1. The van der Waals surface area contributed by atoms with Crippen LogP contribution in [0, 0.1) is 17.5 Å². The summed E-state index contributed by atoms with van der Waals surface area (Å²) in [5.74, 6) is -3.14. The molecule has 2 amide bonds. The minimum atomic E-state index is -0.968. The highest BCUT2D eigenvalue weighted by Crippen LogP contribution is 2.47. The molecule has 10 nitrogen and oxygen atoms in total. The lowest BCUT2D eigenvalue weighted by Crippen LogP contribution is -2.46. The maximum absolute atomic E-state index is 15.5. The van der Waals surface area contributed by atoms with Crippen molar-refractivity contribution in [2.75, 3.05) is 57.9 Å². The summed E-state index contributed by atoms with van der Waals surface area (Å²) < 4.78 is 55.3. The van der Waals surface area contributed by atoms with Gasteiger partial charge in [0.15, 0.2) is 23.2 Å². The summed E-state index contributed by atoms with van der Waals surface area (Å²) in [6, 6.07) is 18.5. The summed E-state index contributed by atoms with van der Waals surface area (Å²) in [6.07, 6.45) is 3.91. The Morgan fingerprint density at radius 2 is 1.72 bits per heavy atom. The van der Waals surface area contributed by atoms with Crippen molar-refractivity contribution >= 4 is 23.8 Å². The molecule has 4 aromatic rings. The number of anilines is 1. The van der Waals surface area contributed by atoms with Gasteiger partial charge in [-0.05, 0) is 97.4 Å². The van der Waals surface area contributed by atoms with Crippen molar-refractivity contribution in [2.24, 2.45) is 0 Å². The standard InChI is InChI=1S/C44H47F3N4O6/c1-48-43(54)39(6-5-20-52)51-26-30-22-31(9-11-33(30)44(51)55)50-18-16-49(17-19-50)15-3-2-4-21-56-40-14-8-29(24-38(40)47)42-34-12-10-32(53)25-41(34)57-27-35(42)28-7-13-36(45)37(46)23-28/h7-14,20,22-25,35,39,42,53H,2-6,15-19,21,26-27H2,1H3,(H,48,54). The maximum Gasteiger partial charge on any atom is 0.255 e. The normalized spacial score (nSPS) is 18.4. The summed E-state index contributed by atoms with van der Waals surface area (Å²) in [5.41, 5.74) is 4.39. The number of unbranched alkanes of at least 4 members (excludes halogenated alkanes) is 2. The van der Waals surface area contributed by atoms with Crippen LogP contribution in [0.3, 0.4) is 0 Å². The predicted molar refractivity (Wildman–Crippen MR) is 208 cm³/mol. The van der Waals surface area contributed by atoms with E-state index in [1.54, 1.807) is 23.1 Å². The zero-order valence-corrected chi connectivity index (χ0v) is 31.9. The Labute approximate surface area is 330 Å². The summed E-state index contributed by atoms with van der Waals surface area (Å²) in [5, 5.41) is 12.6. The van der Waals surface area contributed by atoms with E-state index in [9.17, 15) is 28.3 Å². The molecule has 0 bridgehead atoms. The van der Waals surface area contributed by atoms with E-state index in [1.807, 2.05) is 18.2 Å². The van der Waals surface area contributed by atoms with Gasteiger partial charge in [0.2, 0.25) is 5.91 Å². The van der Waals surface area contributed by atoms with Gasteiger partial charge >= 0.3 is 0 Å². The lowest BCUT2D eigenvalue weighted by molar-refractivity contribution is -0.125. The van der Waals surface area contributed by atoms with Gasteiger partial charge < -0.3 is 34.5 Å². The average Bonchev–Trinajstić information content (AvgIpc) is 3.55. The molecule has 0 radical (unpaired) electrons. The zero-order valence-electron chi connectivity index (χ0n) is 31.9. The third-order valence-corrected chi connectivity index (χ3v) is 11.4. The summed E-state index contributed by atoms with van der Waals surface area (Å²) in [7, 11) is 1.53. The quantitative estimate of drug-likeness (QED) is 0.103. The largest absolute Gasteiger partial charge is 0.508 e. The van der Waals surface area contributed by atoms with Gasteiger partial charge in [0.25, 0.3) is 5.91 Å². The molecule has 0 aliphatic carbocycles. The summed E-state index contributed by atoms with van der Waals surface area (Å²) >= 11 is 0. The van der Waals surface area contributed by atoms with Crippen molar-refractivity contribution in [3.05, 3.63) is 118 Å². The van der Waals surface area contributed by atoms with Gasteiger partial charge in [-0.25, -0.2) is 13.2 Å². The third kappa shape index (κ3) is 8.73. The molecule has 3 aliphatic heterocycles. The van der Waals surface area contributed by atoms with Crippen LogP contribution >= 0.6 is 0 Å². The van der Waals surface area contributed by atoms with Crippen LogP contribution in [0.25, 0.3) is 0 Å². The molecule has 3 heterocycles. The van der Waals surface area contributed by atoms with E-state index in [0.717, 1.165) is 81.7 Å². The Hall–Kier alpha value is -5.56. The first-order valence-electron chi connectivity index (χ1n) is 19.5. The molecule has 300 valence electrons. The van der Waals surface area contributed by atoms with Crippen molar-refractivity contribution in [1.82, 2.24) is 15.1 Å². The topological polar surface area (TPSA) is 112 Å². The van der Waals surface area contributed by atoms with E-state index in [2.05, 4.69) is 15.1 Å². The lowest BCUT2D eigenvalue weighted by atomic mass is 9.76. The molecule has 4 aromatic carbocycles. The van der Waals surface area contributed by atoms with Gasteiger partial charge in [0, 0.05) is 80.9 Å². The van der Waals surface area contributed by atoms with Gasteiger partial charge in [-0.15, -0.1) is 0 Å². The molecule has 0 spiro atoms. The molecule has 0 saturated carbocycles. The van der Waals surface area contributed by atoms with E-state index in [-0.39, 0.29) is 42.8 Å². The number of ether oxygens (including phenoxy) is 2. The van der Waals surface area contributed by atoms with Crippen molar-refractivity contribution in [2.45, 2.75) is 56.5 Å². The number of amides is 2. The Morgan fingerprint density at radius 1 is 0.930 bits per heavy atom. The van der Waals surface area contributed by atoms with Crippen LogP contribution in [-0.4, -0.2) is 92.0 Å². The monoisotopic (exact) mass is 784 g/mol. The highest BCUT2D eigenvalue weighted by atomic mass is 19.2. The van der Waals surface area contributed by atoms with Gasteiger partial charge in [0.1, 0.15) is 23.8 Å². The first kappa shape index (κ1) is 39.7. The fourth-order valence-electron chi connectivity index (χ4n) is 8.29. The third-order valence-electron chi connectivity index (χ3n) is 11.4. The number of benzene rings is 4. The molecule has 1 fully saturated rings. The number of phenolic OH excluding ortho intramolecular Hbond substituents is 1. The van der Waals surface area contributed by atoms with Crippen LogP contribution in [0.15, 0.2) is 72.8 Å². The molecule has 3 atom stereocenters. The Morgan fingerprint density at radius 3 is 2.47 bits per heavy atom. The van der Waals surface area contributed by atoms with Gasteiger partial charge in [0.05, 0.1) is 13.2 Å². The van der Waals surface area contributed by atoms with E-state index in [1.165, 1.54) is 31.3 Å². The molecule has 13 heteroatoms. The van der Waals surface area contributed by atoms with Crippen LogP contribution in [0.2, 0.25) is 0 Å². The number of nitrogens with one attached hydrogen (secondary N) is 1.